The van der Waals surface area contributed by atoms with Gasteiger partial charge in [-0.25, -0.2) is 0 Å². The summed E-state index contributed by atoms with van der Waals surface area (Å²) in [6, 6.07) is 0. The molecule has 0 aromatic carbocycles. The Labute approximate surface area is 111 Å². The van der Waals surface area contributed by atoms with Gasteiger partial charge in [0.25, 0.3) is 0 Å². The van der Waals surface area contributed by atoms with Crippen LogP contribution in [0.25, 0.3) is 0 Å². The first-order chi connectivity index (χ1) is 7.74. The Morgan fingerprint density at radius 1 is 1.41 bits per heavy atom. The van der Waals surface area contributed by atoms with E-state index in [1.807, 2.05) is 0 Å². The maximum Gasteiger partial charge on any atom is 0.353 e. The molecular formula is C9H13F2IO5. The van der Waals surface area contributed by atoms with Crippen molar-refractivity contribution in [3.8, 4) is 0 Å². The third kappa shape index (κ3) is 10.4. The number of hydrogen-bond acceptors (Lipinski definition) is 5. The summed E-state index contributed by atoms with van der Waals surface area (Å²) < 4.78 is 38.1. The predicted molar refractivity (Wildman–Crippen MR) is 61.5 cm³/mol. The minimum Gasteiger partial charge on any atom is -0.460 e. The molecule has 0 radical (unpaired) electrons. The normalized spacial score (nSPS) is 13.0. The lowest BCUT2D eigenvalue weighted by Gasteiger charge is -2.19. The van der Waals surface area contributed by atoms with E-state index in [9.17, 15) is 18.4 Å². The summed E-state index contributed by atoms with van der Waals surface area (Å²) in [6.07, 6.45) is -4.17. The molecule has 5 nitrogen and oxygen atoms in total. The monoisotopic (exact) mass is 366 g/mol. The van der Waals surface area contributed by atoms with Gasteiger partial charge in [-0.2, -0.15) is 8.78 Å². The smallest absolute Gasteiger partial charge is 0.353 e. The molecule has 0 saturated carbocycles. The van der Waals surface area contributed by atoms with Gasteiger partial charge < -0.3 is 12.5 Å². The number of carbonyl (C=O) groups is 2. The fourth-order valence-corrected chi connectivity index (χ4v) is 1.19. The van der Waals surface area contributed by atoms with Crippen molar-refractivity contribution in [1.82, 2.24) is 0 Å². The van der Waals surface area contributed by atoms with Gasteiger partial charge in [-0.3, -0.25) is 9.59 Å². The third-order valence-corrected chi connectivity index (χ3v) is 2.10. The number of alkyl halides is 2. The Balaban J connectivity index is 4.14. The average Bonchev–Trinajstić information content (AvgIpc) is 2.19. The molecule has 100 valence electrons. The summed E-state index contributed by atoms with van der Waals surface area (Å²) >= 11 is 1.41. The molecule has 0 aliphatic heterocycles. The predicted octanol–water partition coefficient (Wildman–Crippen LogP) is 2.22. The molecule has 0 aliphatic carbocycles. The van der Waals surface area contributed by atoms with Crippen LogP contribution in [-0.4, -0.2) is 30.8 Å². The molecule has 0 bridgehead atoms. The zero-order valence-electron chi connectivity index (χ0n) is 9.37. The first-order valence-corrected chi connectivity index (χ1v) is 5.63. The van der Waals surface area contributed by atoms with Crippen molar-refractivity contribution in [3.63, 3.8) is 0 Å². The van der Waals surface area contributed by atoms with E-state index in [-0.39, 0.29) is 12.8 Å². The zero-order valence-corrected chi connectivity index (χ0v) is 11.5. The van der Waals surface area contributed by atoms with Gasteiger partial charge in [-0.1, -0.05) is 0 Å². The Morgan fingerprint density at radius 3 is 2.41 bits per heavy atom. The summed E-state index contributed by atoms with van der Waals surface area (Å²) in [5, 5.41) is 0. The van der Waals surface area contributed by atoms with Gasteiger partial charge >= 0.3 is 18.0 Å². The molecule has 1 unspecified atom stereocenters. The van der Waals surface area contributed by atoms with E-state index in [1.54, 1.807) is 0 Å². The van der Waals surface area contributed by atoms with Crippen LogP contribution in [0.5, 0.6) is 0 Å². The number of halogens is 3. The molecule has 0 fully saturated rings. The maximum atomic E-state index is 12.4. The van der Waals surface area contributed by atoms with Crippen LogP contribution in [0.4, 0.5) is 8.78 Å². The Morgan fingerprint density at radius 2 is 2.00 bits per heavy atom. The molecule has 0 N–H and O–H groups in total. The fourth-order valence-electron chi connectivity index (χ4n) is 0.968. The number of rotatable bonds is 7. The number of hydrogen-bond donors (Lipinski definition) is 0. The van der Waals surface area contributed by atoms with Crippen LogP contribution < -0.4 is 0 Å². The van der Waals surface area contributed by atoms with Gasteiger partial charge in [0.2, 0.25) is 0 Å². The van der Waals surface area contributed by atoms with Gasteiger partial charge in [0, 0.05) is 20.3 Å². The molecule has 0 amide bonds. The van der Waals surface area contributed by atoms with Gasteiger partial charge in [0.15, 0.2) is 23.0 Å². The first-order valence-electron chi connectivity index (χ1n) is 4.75. The highest BCUT2D eigenvalue weighted by molar-refractivity contribution is 14.1. The van der Waals surface area contributed by atoms with E-state index in [2.05, 4.69) is 7.80 Å². The van der Waals surface area contributed by atoms with Crippen LogP contribution in [-0.2, 0) is 22.1 Å². The van der Waals surface area contributed by atoms with E-state index >= 15 is 0 Å². The topological polar surface area (TPSA) is 61.8 Å². The van der Waals surface area contributed by atoms with E-state index in [0.29, 0.717) is 6.92 Å². The second-order valence-corrected chi connectivity index (χ2v) is 3.78. The molecular weight excluding hydrogens is 353 g/mol. The first kappa shape index (κ1) is 16.5. The van der Waals surface area contributed by atoms with Crippen LogP contribution in [0.1, 0.15) is 26.7 Å². The summed E-state index contributed by atoms with van der Waals surface area (Å²) in [7, 11) is 0. The van der Waals surface area contributed by atoms with Crippen molar-refractivity contribution in [2.45, 2.75) is 38.9 Å². The Bertz CT molecular complexity index is 267. The SMILES string of the molecule is CC(=O)OC(CCC(=O)OI)COC(C)(F)F. The lowest BCUT2D eigenvalue weighted by atomic mass is 10.2. The number of carbonyl (C=O) groups excluding carboxylic acids is 2. The molecule has 0 spiro atoms. The molecule has 0 heterocycles. The number of ether oxygens (including phenoxy) is 2. The van der Waals surface area contributed by atoms with Crippen LogP contribution >= 0.6 is 23.0 Å². The van der Waals surface area contributed by atoms with E-state index < -0.39 is 30.8 Å². The van der Waals surface area contributed by atoms with E-state index in [4.69, 9.17) is 4.74 Å². The molecule has 8 heteroatoms. The van der Waals surface area contributed by atoms with Crippen LogP contribution in [0.3, 0.4) is 0 Å². The summed E-state index contributed by atoms with van der Waals surface area (Å²) in [4.78, 5) is 21.6. The van der Waals surface area contributed by atoms with Gasteiger partial charge in [-0.15, -0.1) is 0 Å². The van der Waals surface area contributed by atoms with Crippen molar-refractivity contribution < 1.29 is 30.9 Å². The minimum absolute atomic E-state index is 0.0421. The molecule has 17 heavy (non-hydrogen) atoms. The van der Waals surface area contributed by atoms with Crippen LogP contribution in [0, 0.1) is 0 Å². The van der Waals surface area contributed by atoms with Crippen LogP contribution in [0.2, 0.25) is 0 Å². The van der Waals surface area contributed by atoms with Crippen molar-refractivity contribution in [3.05, 3.63) is 0 Å². The highest BCUT2D eigenvalue weighted by Gasteiger charge is 2.25. The molecule has 0 aromatic rings. The summed E-state index contributed by atoms with van der Waals surface area (Å²) in [5.41, 5.74) is 0. The zero-order chi connectivity index (χ0) is 13.5. The lowest BCUT2D eigenvalue weighted by Crippen LogP contribution is -2.28. The number of esters is 1. The van der Waals surface area contributed by atoms with E-state index in [0.717, 1.165) is 6.92 Å². The quantitative estimate of drug-likeness (QED) is 0.511. The Kier molecular flexibility index (Phi) is 7.51. The summed E-state index contributed by atoms with van der Waals surface area (Å²) in [5.74, 6) is -1.15. The third-order valence-electron chi connectivity index (χ3n) is 1.61. The standard InChI is InChI=1S/C9H13F2IO5/c1-6(13)16-7(3-4-8(14)17-12)5-15-9(2,10)11/h7H,3-5H2,1-2H3. The highest BCUT2D eigenvalue weighted by atomic mass is 127. The molecule has 1 atom stereocenters. The molecule has 0 aromatic heterocycles. The van der Waals surface area contributed by atoms with Crippen molar-refractivity contribution in [1.29, 1.82) is 0 Å². The Hall–Kier alpha value is -0.510. The van der Waals surface area contributed by atoms with Gasteiger partial charge in [-0.05, 0) is 6.42 Å². The average molecular weight is 366 g/mol. The molecule has 0 rings (SSSR count). The van der Waals surface area contributed by atoms with Crippen molar-refractivity contribution >= 4 is 34.9 Å². The van der Waals surface area contributed by atoms with Crippen LogP contribution in [0.15, 0.2) is 0 Å². The highest BCUT2D eigenvalue weighted by Crippen LogP contribution is 2.16. The molecule has 0 aliphatic rings. The van der Waals surface area contributed by atoms with Gasteiger partial charge in [0.05, 0.1) is 6.61 Å². The van der Waals surface area contributed by atoms with Gasteiger partial charge in [0.1, 0.15) is 6.10 Å². The van der Waals surface area contributed by atoms with Crippen molar-refractivity contribution in [2.75, 3.05) is 6.61 Å². The maximum absolute atomic E-state index is 12.4. The fraction of sp³-hybridized carbons (Fsp3) is 0.778. The van der Waals surface area contributed by atoms with Crippen molar-refractivity contribution in [2.24, 2.45) is 0 Å². The largest absolute Gasteiger partial charge is 0.460 e. The molecule has 0 saturated heterocycles. The lowest BCUT2D eigenvalue weighted by molar-refractivity contribution is -0.237. The summed E-state index contributed by atoms with van der Waals surface area (Å²) in [6.45, 7) is 1.25. The van der Waals surface area contributed by atoms with E-state index in [1.165, 1.54) is 23.0 Å². The second-order valence-electron chi connectivity index (χ2n) is 3.34. The minimum atomic E-state index is -3.30. The second kappa shape index (κ2) is 7.75.